The highest BCUT2D eigenvalue weighted by Crippen LogP contribution is 2.21. The van der Waals surface area contributed by atoms with E-state index in [1.807, 2.05) is 41.1 Å². The molecule has 1 atom stereocenters. The van der Waals surface area contributed by atoms with Gasteiger partial charge in [0.2, 0.25) is 0 Å². The Morgan fingerprint density at radius 1 is 1.28 bits per heavy atom. The number of thiophene rings is 1. The molecule has 0 bridgehead atoms. The van der Waals surface area contributed by atoms with E-state index in [9.17, 15) is 9.90 Å². The quantitative estimate of drug-likeness (QED) is 0.800. The van der Waals surface area contributed by atoms with Crippen LogP contribution in [0.3, 0.4) is 0 Å². The molecule has 0 aliphatic carbocycles. The number of hydrogen-bond donors (Lipinski definition) is 1. The molecule has 3 rings (SSSR count). The normalized spacial score (nSPS) is 12.9. The van der Waals surface area contributed by atoms with Crippen LogP contribution < -0.4 is 5.56 Å². The molecular formula is C13H11NO2S2. The van der Waals surface area contributed by atoms with E-state index in [0.717, 1.165) is 15.6 Å². The van der Waals surface area contributed by atoms with Crippen molar-refractivity contribution in [3.8, 4) is 0 Å². The zero-order valence-corrected chi connectivity index (χ0v) is 11.1. The molecule has 0 spiro atoms. The van der Waals surface area contributed by atoms with Gasteiger partial charge in [-0.1, -0.05) is 23.7 Å². The van der Waals surface area contributed by atoms with Crippen molar-refractivity contribution in [3.63, 3.8) is 0 Å². The Bertz CT molecular complexity index is 712. The number of fused-ring (bicyclic) bond motifs is 1. The topological polar surface area (TPSA) is 42.2 Å². The third-order valence-electron chi connectivity index (χ3n) is 2.82. The maximum atomic E-state index is 12.1. The van der Waals surface area contributed by atoms with Crippen LogP contribution in [0.1, 0.15) is 11.7 Å². The summed E-state index contributed by atoms with van der Waals surface area (Å²) in [5, 5.41) is 14.6. The molecule has 1 N–H and O–H groups in total. The fraction of sp³-hybridized carbons (Fsp3) is 0.154. The largest absolute Gasteiger partial charge is 0.386 e. The van der Waals surface area contributed by atoms with Gasteiger partial charge >= 0.3 is 0 Å². The second-order valence-electron chi connectivity index (χ2n) is 4.03. The fourth-order valence-corrected chi connectivity index (χ4v) is 3.60. The molecule has 1 aromatic carbocycles. The highest BCUT2D eigenvalue weighted by atomic mass is 32.1. The highest BCUT2D eigenvalue weighted by Gasteiger charge is 2.13. The van der Waals surface area contributed by atoms with Gasteiger partial charge in [0, 0.05) is 0 Å². The SMILES string of the molecule is O=c1c2ccccc2sn1CC(O)c1ccsc1. The molecule has 0 radical (unpaired) electrons. The van der Waals surface area contributed by atoms with E-state index in [4.69, 9.17) is 0 Å². The molecular weight excluding hydrogens is 266 g/mol. The first kappa shape index (κ1) is 11.6. The smallest absolute Gasteiger partial charge is 0.268 e. The molecule has 18 heavy (non-hydrogen) atoms. The summed E-state index contributed by atoms with van der Waals surface area (Å²) in [7, 11) is 0. The van der Waals surface area contributed by atoms with E-state index in [1.165, 1.54) is 11.5 Å². The Labute approximate surface area is 112 Å². The number of aromatic nitrogens is 1. The molecule has 2 heterocycles. The molecule has 0 saturated heterocycles. The van der Waals surface area contributed by atoms with Crippen molar-refractivity contribution in [2.24, 2.45) is 0 Å². The van der Waals surface area contributed by atoms with E-state index in [-0.39, 0.29) is 5.56 Å². The first-order valence-electron chi connectivity index (χ1n) is 5.55. The van der Waals surface area contributed by atoms with Gasteiger partial charge in [0.25, 0.3) is 5.56 Å². The fourth-order valence-electron chi connectivity index (χ4n) is 1.86. The first-order valence-corrected chi connectivity index (χ1v) is 7.26. The molecule has 0 aliphatic rings. The van der Waals surface area contributed by atoms with Crippen LogP contribution >= 0.6 is 22.9 Å². The second kappa shape index (κ2) is 4.68. The van der Waals surface area contributed by atoms with Crippen LogP contribution in [0.15, 0.2) is 45.9 Å². The second-order valence-corrected chi connectivity index (χ2v) is 5.87. The van der Waals surface area contributed by atoms with E-state index in [2.05, 4.69) is 0 Å². The van der Waals surface area contributed by atoms with Gasteiger partial charge in [0.1, 0.15) is 0 Å². The van der Waals surface area contributed by atoms with Crippen molar-refractivity contribution in [1.82, 2.24) is 3.96 Å². The minimum Gasteiger partial charge on any atom is -0.386 e. The van der Waals surface area contributed by atoms with Crippen LogP contribution in [0.2, 0.25) is 0 Å². The first-order chi connectivity index (χ1) is 8.75. The Morgan fingerprint density at radius 3 is 2.83 bits per heavy atom. The van der Waals surface area contributed by atoms with Gasteiger partial charge < -0.3 is 5.11 Å². The molecule has 5 heteroatoms. The average Bonchev–Trinajstić information content (AvgIpc) is 3.00. The molecule has 0 aliphatic heterocycles. The lowest BCUT2D eigenvalue weighted by Gasteiger charge is -2.07. The minimum absolute atomic E-state index is 0.0233. The van der Waals surface area contributed by atoms with Crippen molar-refractivity contribution < 1.29 is 5.11 Å². The summed E-state index contributed by atoms with van der Waals surface area (Å²) < 4.78 is 2.58. The van der Waals surface area contributed by atoms with Crippen LogP contribution in [0.25, 0.3) is 10.1 Å². The van der Waals surface area contributed by atoms with Crippen molar-refractivity contribution in [1.29, 1.82) is 0 Å². The molecule has 92 valence electrons. The lowest BCUT2D eigenvalue weighted by Crippen LogP contribution is -2.17. The maximum absolute atomic E-state index is 12.1. The molecule has 3 aromatic rings. The molecule has 0 saturated carbocycles. The van der Waals surface area contributed by atoms with Gasteiger partial charge in [0.15, 0.2) is 0 Å². The lowest BCUT2D eigenvalue weighted by atomic mass is 10.2. The Balaban J connectivity index is 1.96. The van der Waals surface area contributed by atoms with Gasteiger partial charge in [-0.25, -0.2) is 0 Å². The number of hydrogen-bond acceptors (Lipinski definition) is 4. The van der Waals surface area contributed by atoms with Crippen LogP contribution in [0.4, 0.5) is 0 Å². The summed E-state index contributed by atoms with van der Waals surface area (Å²) >= 11 is 2.94. The number of nitrogens with zero attached hydrogens (tertiary/aromatic N) is 1. The average molecular weight is 277 g/mol. The van der Waals surface area contributed by atoms with Crippen LogP contribution in [0, 0.1) is 0 Å². The summed E-state index contributed by atoms with van der Waals surface area (Å²) in [6, 6.07) is 9.40. The summed E-state index contributed by atoms with van der Waals surface area (Å²) in [6.07, 6.45) is -0.623. The van der Waals surface area contributed by atoms with Crippen LogP contribution in [-0.4, -0.2) is 9.06 Å². The third-order valence-corrected chi connectivity index (χ3v) is 4.61. The van der Waals surface area contributed by atoms with Gasteiger partial charge in [-0.15, -0.1) is 0 Å². The number of aliphatic hydroxyl groups excluding tert-OH is 1. The van der Waals surface area contributed by atoms with Gasteiger partial charge in [-0.05, 0) is 34.5 Å². The molecule has 0 fully saturated rings. The number of rotatable bonds is 3. The van der Waals surface area contributed by atoms with E-state index in [0.29, 0.717) is 6.54 Å². The van der Waals surface area contributed by atoms with Crippen LogP contribution in [0.5, 0.6) is 0 Å². The van der Waals surface area contributed by atoms with E-state index < -0.39 is 6.10 Å². The van der Waals surface area contributed by atoms with Crippen molar-refractivity contribution in [2.75, 3.05) is 0 Å². The summed E-state index contributed by atoms with van der Waals surface area (Å²) in [5.41, 5.74) is 0.842. The zero-order valence-electron chi connectivity index (χ0n) is 9.45. The van der Waals surface area contributed by atoms with Gasteiger partial charge in [0.05, 0.1) is 22.7 Å². The Hall–Kier alpha value is -1.43. The molecule has 3 nitrogen and oxygen atoms in total. The molecule has 2 aromatic heterocycles. The van der Waals surface area contributed by atoms with Crippen molar-refractivity contribution in [3.05, 3.63) is 57.0 Å². The van der Waals surface area contributed by atoms with E-state index >= 15 is 0 Å². The minimum atomic E-state index is -0.623. The predicted molar refractivity (Wildman–Crippen MR) is 75.4 cm³/mol. The van der Waals surface area contributed by atoms with Crippen LogP contribution in [-0.2, 0) is 6.54 Å². The van der Waals surface area contributed by atoms with Crippen molar-refractivity contribution in [2.45, 2.75) is 12.6 Å². The summed E-state index contributed by atoms with van der Waals surface area (Å²) in [5.74, 6) is 0. The van der Waals surface area contributed by atoms with Gasteiger partial charge in [-0.3, -0.25) is 8.75 Å². The Kier molecular flexibility index (Phi) is 3.03. The highest BCUT2D eigenvalue weighted by molar-refractivity contribution is 7.13. The number of benzene rings is 1. The lowest BCUT2D eigenvalue weighted by molar-refractivity contribution is 0.160. The standard InChI is InChI=1S/C13H11NO2S2/c15-11(9-5-6-17-8-9)7-14-13(16)10-3-1-2-4-12(10)18-14/h1-6,8,11,15H,7H2. The maximum Gasteiger partial charge on any atom is 0.268 e. The monoisotopic (exact) mass is 277 g/mol. The summed E-state index contributed by atoms with van der Waals surface area (Å²) in [4.78, 5) is 12.1. The zero-order chi connectivity index (χ0) is 12.5. The summed E-state index contributed by atoms with van der Waals surface area (Å²) in [6.45, 7) is 0.314. The third kappa shape index (κ3) is 2.01. The molecule has 0 amide bonds. The van der Waals surface area contributed by atoms with E-state index in [1.54, 1.807) is 15.3 Å². The molecule has 1 unspecified atom stereocenters. The van der Waals surface area contributed by atoms with Gasteiger partial charge in [-0.2, -0.15) is 11.3 Å². The Morgan fingerprint density at radius 2 is 2.11 bits per heavy atom. The predicted octanol–water partition coefficient (Wildman–Crippen LogP) is 2.86. The number of aliphatic hydroxyl groups is 1. The van der Waals surface area contributed by atoms with Crippen molar-refractivity contribution >= 4 is 33.0 Å².